The molecule has 0 radical (unpaired) electrons. The standard InChI is InChI=1S/C22H32N2O2/c1-20(2,3)26-19(25)24-12-10-22(11-13-24)14-16-8-6-7-9-17(16)18(15-22)21(4,5)23/h6-9,15H,10-14,23H2,1-5H3. The second-order valence-corrected chi connectivity index (χ2v) is 9.44. The number of nitrogens with zero attached hydrogens (tertiary/aromatic N) is 1. The summed E-state index contributed by atoms with van der Waals surface area (Å²) in [7, 11) is 0. The highest BCUT2D eigenvalue weighted by molar-refractivity contribution is 5.77. The lowest BCUT2D eigenvalue weighted by molar-refractivity contribution is 0.0142. The number of piperidine rings is 1. The molecule has 1 aromatic rings. The van der Waals surface area contributed by atoms with Crippen LogP contribution in [0.25, 0.3) is 5.57 Å². The van der Waals surface area contributed by atoms with Crippen LogP contribution in [0.15, 0.2) is 30.3 Å². The van der Waals surface area contributed by atoms with Crippen molar-refractivity contribution < 1.29 is 9.53 Å². The summed E-state index contributed by atoms with van der Waals surface area (Å²) in [5, 5.41) is 0. The Hall–Kier alpha value is -1.81. The summed E-state index contributed by atoms with van der Waals surface area (Å²) >= 11 is 0. The molecule has 1 fully saturated rings. The average molecular weight is 357 g/mol. The molecule has 1 aliphatic heterocycles. The van der Waals surface area contributed by atoms with Crippen molar-refractivity contribution >= 4 is 11.7 Å². The predicted molar refractivity (Wildman–Crippen MR) is 106 cm³/mol. The highest BCUT2D eigenvalue weighted by Gasteiger charge is 2.40. The molecule has 1 heterocycles. The molecule has 26 heavy (non-hydrogen) atoms. The summed E-state index contributed by atoms with van der Waals surface area (Å²) in [5.74, 6) is 0. The van der Waals surface area contributed by atoms with Crippen LogP contribution >= 0.6 is 0 Å². The number of likely N-dealkylation sites (tertiary alicyclic amines) is 1. The van der Waals surface area contributed by atoms with Crippen molar-refractivity contribution in [2.24, 2.45) is 11.1 Å². The van der Waals surface area contributed by atoms with Gasteiger partial charge in [0.2, 0.25) is 0 Å². The number of carbonyl (C=O) groups is 1. The third-order valence-corrected chi connectivity index (χ3v) is 5.41. The Kier molecular flexibility index (Phi) is 4.68. The number of hydrogen-bond acceptors (Lipinski definition) is 3. The fourth-order valence-electron chi connectivity index (χ4n) is 4.07. The molecule has 4 nitrogen and oxygen atoms in total. The number of ether oxygens (including phenoxy) is 1. The maximum Gasteiger partial charge on any atom is 0.410 e. The zero-order valence-electron chi connectivity index (χ0n) is 16.8. The van der Waals surface area contributed by atoms with Crippen molar-refractivity contribution in [3.8, 4) is 0 Å². The molecule has 2 aliphatic rings. The zero-order valence-corrected chi connectivity index (χ0v) is 16.8. The van der Waals surface area contributed by atoms with E-state index in [-0.39, 0.29) is 17.0 Å². The Bertz CT molecular complexity index is 714. The van der Waals surface area contributed by atoms with Gasteiger partial charge in [0.15, 0.2) is 0 Å². The first-order valence-corrected chi connectivity index (χ1v) is 9.58. The minimum atomic E-state index is -0.452. The van der Waals surface area contributed by atoms with Gasteiger partial charge in [-0.2, -0.15) is 0 Å². The van der Waals surface area contributed by atoms with E-state index in [9.17, 15) is 4.79 Å². The number of rotatable bonds is 1. The Balaban J connectivity index is 1.81. The third-order valence-electron chi connectivity index (χ3n) is 5.41. The first kappa shape index (κ1) is 19.0. The molecule has 1 aromatic carbocycles. The topological polar surface area (TPSA) is 55.6 Å². The molecule has 0 aromatic heterocycles. The van der Waals surface area contributed by atoms with Crippen LogP contribution in [0.4, 0.5) is 4.79 Å². The number of nitrogens with two attached hydrogens (primary N) is 1. The molecule has 3 rings (SSSR count). The van der Waals surface area contributed by atoms with Gasteiger partial charge in [-0.25, -0.2) is 4.79 Å². The van der Waals surface area contributed by atoms with Gasteiger partial charge in [-0.1, -0.05) is 30.3 Å². The van der Waals surface area contributed by atoms with E-state index in [2.05, 4.69) is 44.2 Å². The number of hydrogen-bond donors (Lipinski definition) is 1. The van der Waals surface area contributed by atoms with E-state index in [1.165, 1.54) is 16.7 Å². The summed E-state index contributed by atoms with van der Waals surface area (Å²) in [6.07, 6.45) is 5.11. The summed E-state index contributed by atoms with van der Waals surface area (Å²) < 4.78 is 5.54. The van der Waals surface area contributed by atoms with Crippen LogP contribution < -0.4 is 5.73 Å². The van der Waals surface area contributed by atoms with E-state index >= 15 is 0 Å². The van der Waals surface area contributed by atoms with E-state index in [4.69, 9.17) is 10.5 Å². The van der Waals surface area contributed by atoms with Crippen LogP contribution in [0.3, 0.4) is 0 Å². The van der Waals surface area contributed by atoms with Gasteiger partial charge in [0.1, 0.15) is 5.60 Å². The Labute approximate surface area is 157 Å². The lowest BCUT2D eigenvalue weighted by Gasteiger charge is -2.44. The normalized spacial score (nSPS) is 19.8. The van der Waals surface area contributed by atoms with Crippen molar-refractivity contribution in [2.45, 2.75) is 65.0 Å². The summed E-state index contributed by atoms with van der Waals surface area (Å²) in [4.78, 5) is 14.2. The Morgan fingerprint density at radius 2 is 1.73 bits per heavy atom. The molecule has 1 amide bonds. The van der Waals surface area contributed by atoms with Crippen molar-refractivity contribution in [1.29, 1.82) is 0 Å². The van der Waals surface area contributed by atoms with Crippen molar-refractivity contribution in [2.75, 3.05) is 13.1 Å². The number of allylic oxidation sites excluding steroid dienone is 1. The van der Waals surface area contributed by atoms with Crippen molar-refractivity contribution in [3.63, 3.8) is 0 Å². The van der Waals surface area contributed by atoms with Crippen LogP contribution in [0, 0.1) is 5.41 Å². The lowest BCUT2D eigenvalue weighted by atomic mass is 9.66. The third kappa shape index (κ3) is 3.96. The van der Waals surface area contributed by atoms with Crippen molar-refractivity contribution in [1.82, 2.24) is 4.90 Å². The van der Waals surface area contributed by atoms with Gasteiger partial charge in [-0.05, 0) is 76.0 Å². The van der Waals surface area contributed by atoms with Gasteiger partial charge in [0, 0.05) is 18.6 Å². The van der Waals surface area contributed by atoms with Gasteiger partial charge in [0.05, 0.1) is 0 Å². The molecule has 0 bridgehead atoms. The van der Waals surface area contributed by atoms with Gasteiger partial charge in [-0.3, -0.25) is 0 Å². The number of amides is 1. The van der Waals surface area contributed by atoms with Crippen LogP contribution in [0.1, 0.15) is 58.6 Å². The molecule has 0 atom stereocenters. The van der Waals surface area contributed by atoms with Gasteiger partial charge in [0.25, 0.3) is 0 Å². The first-order chi connectivity index (χ1) is 12.0. The molecule has 1 aliphatic carbocycles. The largest absolute Gasteiger partial charge is 0.444 e. The van der Waals surface area contributed by atoms with Crippen LogP contribution in [-0.2, 0) is 11.2 Å². The number of benzene rings is 1. The summed E-state index contributed by atoms with van der Waals surface area (Å²) in [6.45, 7) is 11.3. The second-order valence-electron chi connectivity index (χ2n) is 9.44. The summed E-state index contributed by atoms with van der Waals surface area (Å²) in [6, 6.07) is 8.59. The molecule has 142 valence electrons. The molecule has 4 heteroatoms. The highest BCUT2D eigenvalue weighted by Crippen LogP contribution is 2.46. The van der Waals surface area contributed by atoms with Crippen molar-refractivity contribution in [3.05, 3.63) is 41.5 Å². The predicted octanol–water partition coefficient (Wildman–Crippen LogP) is 4.38. The zero-order chi connectivity index (χ0) is 19.2. The summed E-state index contributed by atoms with van der Waals surface area (Å²) in [5.41, 5.74) is 9.63. The molecule has 0 unspecified atom stereocenters. The van der Waals surface area contributed by atoms with Gasteiger partial charge < -0.3 is 15.4 Å². The van der Waals surface area contributed by atoms with Crippen LogP contribution in [0.5, 0.6) is 0 Å². The first-order valence-electron chi connectivity index (χ1n) is 9.58. The minimum Gasteiger partial charge on any atom is -0.444 e. The SMILES string of the molecule is CC(C)(C)OC(=O)N1CCC2(C=C(C(C)(C)N)c3ccccc3C2)CC1. The van der Waals surface area contributed by atoms with Crippen LogP contribution in [0.2, 0.25) is 0 Å². The Morgan fingerprint density at radius 1 is 1.12 bits per heavy atom. The quantitative estimate of drug-likeness (QED) is 0.812. The number of carbonyl (C=O) groups excluding carboxylic acids is 1. The van der Waals surface area contributed by atoms with E-state index in [0.29, 0.717) is 0 Å². The van der Waals surface area contributed by atoms with E-state index in [1.807, 2.05) is 25.7 Å². The van der Waals surface area contributed by atoms with Crippen LogP contribution in [-0.4, -0.2) is 35.2 Å². The van der Waals surface area contributed by atoms with Gasteiger partial charge in [-0.15, -0.1) is 0 Å². The fraction of sp³-hybridized carbons (Fsp3) is 0.591. The maximum absolute atomic E-state index is 12.4. The Morgan fingerprint density at radius 3 is 2.31 bits per heavy atom. The second kappa shape index (κ2) is 6.41. The minimum absolute atomic E-state index is 0.0822. The molecule has 2 N–H and O–H groups in total. The van der Waals surface area contributed by atoms with Gasteiger partial charge >= 0.3 is 6.09 Å². The number of fused-ring (bicyclic) bond motifs is 1. The fourth-order valence-corrected chi connectivity index (χ4v) is 4.07. The molecule has 0 saturated carbocycles. The molecule has 1 saturated heterocycles. The van der Waals surface area contributed by atoms with E-state index in [1.54, 1.807) is 0 Å². The van der Waals surface area contributed by atoms with E-state index in [0.717, 1.165) is 32.4 Å². The monoisotopic (exact) mass is 356 g/mol. The lowest BCUT2D eigenvalue weighted by Crippen LogP contribution is -2.47. The maximum atomic E-state index is 12.4. The molecular weight excluding hydrogens is 324 g/mol. The highest BCUT2D eigenvalue weighted by atomic mass is 16.6. The smallest absolute Gasteiger partial charge is 0.410 e. The molecular formula is C22H32N2O2. The van der Waals surface area contributed by atoms with E-state index < -0.39 is 5.60 Å². The molecule has 1 spiro atoms. The average Bonchev–Trinajstić information content (AvgIpc) is 2.52.